The number of hydrogen-bond acceptors (Lipinski definition) is 3. The summed E-state index contributed by atoms with van der Waals surface area (Å²) >= 11 is 0. The van der Waals surface area contributed by atoms with Crippen molar-refractivity contribution in [3.8, 4) is 0 Å². The Kier molecular flexibility index (Phi) is 2.78. The number of aromatic amines is 1. The number of hydrogen-bond donors (Lipinski definition) is 2. The van der Waals surface area contributed by atoms with E-state index in [0.717, 1.165) is 16.5 Å². The Morgan fingerprint density at radius 1 is 1.47 bits per heavy atom. The van der Waals surface area contributed by atoms with Crippen LogP contribution in [0.3, 0.4) is 0 Å². The molecule has 0 bridgehead atoms. The SMILES string of the molecule is CC(C)N1Cc2c(ccc3[nH]ncc23)C[C@@H](N)C1=O. The van der Waals surface area contributed by atoms with E-state index in [1.165, 1.54) is 5.56 Å². The smallest absolute Gasteiger partial charge is 0.240 e. The molecule has 1 atom stereocenters. The zero-order valence-electron chi connectivity index (χ0n) is 11.2. The topological polar surface area (TPSA) is 75.0 Å². The van der Waals surface area contributed by atoms with E-state index >= 15 is 0 Å². The lowest BCUT2D eigenvalue weighted by atomic mass is 9.99. The summed E-state index contributed by atoms with van der Waals surface area (Å²) in [5, 5.41) is 8.15. The van der Waals surface area contributed by atoms with Crippen LogP contribution >= 0.6 is 0 Å². The monoisotopic (exact) mass is 258 g/mol. The van der Waals surface area contributed by atoms with E-state index in [2.05, 4.69) is 10.2 Å². The second kappa shape index (κ2) is 4.35. The van der Waals surface area contributed by atoms with Gasteiger partial charge in [-0.05, 0) is 37.5 Å². The summed E-state index contributed by atoms with van der Waals surface area (Å²) in [6.45, 7) is 4.65. The molecular formula is C14H18N4O. The standard InChI is InChI=1S/C14H18N4O/c1-8(2)18-7-11-9(5-12(15)14(18)19)3-4-13-10(11)6-16-17-13/h3-4,6,8,12H,5,7,15H2,1-2H3,(H,16,17)/t12-/m1/s1. The molecule has 0 saturated carbocycles. The average Bonchev–Trinajstić information content (AvgIpc) is 2.79. The van der Waals surface area contributed by atoms with Crippen molar-refractivity contribution in [3.05, 3.63) is 29.5 Å². The first-order valence-corrected chi connectivity index (χ1v) is 6.58. The Morgan fingerprint density at radius 2 is 2.26 bits per heavy atom. The van der Waals surface area contributed by atoms with E-state index in [0.29, 0.717) is 13.0 Å². The second-order valence-corrected chi connectivity index (χ2v) is 5.40. The van der Waals surface area contributed by atoms with Crippen molar-refractivity contribution in [2.24, 2.45) is 5.73 Å². The third-order valence-corrected chi connectivity index (χ3v) is 3.82. The largest absolute Gasteiger partial charge is 0.335 e. The fraction of sp³-hybridized carbons (Fsp3) is 0.429. The Hall–Kier alpha value is -1.88. The highest BCUT2D eigenvalue weighted by atomic mass is 16.2. The highest BCUT2D eigenvalue weighted by Crippen LogP contribution is 2.27. The number of nitrogens with one attached hydrogen (secondary N) is 1. The van der Waals surface area contributed by atoms with Gasteiger partial charge in [-0.25, -0.2) is 0 Å². The van der Waals surface area contributed by atoms with Crippen LogP contribution in [0.5, 0.6) is 0 Å². The molecule has 0 fully saturated rings. The number of nitrogens with zero attached hydrogens (tertiary/aromatic N) is 2. The lowest BCUT2D eigenvalue weighted by Gasteiger charge is -2.27. The molecule has 3 N–H and O–H groups in total. The van der Waals surface area contributed by atoms with E-state index < -0.39 is 6.04 Å². The minimum absolute atomic E-state index is 0.0304. The molecule has 1 aromatic heterocycles. The molecule has 1 aliphatic rings. The van der Waals surface area contributed by atoms with Crippen LogP contribution in [-0.4, -0.2) is 33.1 Å². The molecule has 0 spiro atoms. The molecule has 1 amide bonds. The third-order valence-electron chi connectivity index (χ3n) is 3.82. The molecule has 100 valence electrons. The normalized spacial score (nSPS) is 19.9. The number of fused-ring (bicyclic) bond motifs is 3. The van der Waals surface area contributed by atoms with Gasteiger partial charge in [-0.15, -0.1) is 0 Å². The van der Waals surface area contributed by atoms with Crippen molar-refractivity contribution < 1.29 is 4.79 Å². The van der Waals surface area contributed by atoms with Gasteiger partial charge in [0.1, 0.15) is 0 Å². The van der Waals surface area contributed by atoms with Crippen LogP contribution in [0.1, 0.15) is 25.0 Å². The van der Waals surface area contributed by atoms with E-state index in [9.17, 15) is 4.79 Å². The molecule has 0 aliphatic carbocycles. The predicted octanol–water partition coefficient (Wildman–Crippen LogP) is 1.18. The lowest BCUT2D eigenvalue weighted by molar-refractivity contribution is -0.134. The van der Waals surface area contributed by atoms with Crippen LogP contribution in [0.25, 0.3) is 10.9 Å². The first-order chi connectivity index (χ1) is 9.08. The highest BCUT2D eigenvalue weighted by Gasteiger charge is 2.29. The van der Waals surface area contributed by atoms with Crippen LogP contribution in [0.2, 0.25) is 0 Å². The molecule has 2 aromatic rings. The second-order valence-electron chi connectivity index (χ2n) is 5.40. The number of carbonyl (C=O) groups excluding carboxylic acids is 1. The van der Waals surface area contributed by atoms with Gasteiger partial charge < -0.3 is 10.6 Å². The van der Waals surface area contributed by atoms with Crippen molar-refractivity contribution in [2.75, 3.05) is 0 Å². The molecular weight excluding hydrogens is 240 g/mol. The quantitative estimate of drug-likeness (QED) is 0.806. The third kappa shape index (κ3) is 1.90. The van der Waals surface area contributed by atoms with Crippen molar-refractivity contribution in [1.82, 2.24) is 15.1 Å². The molecule has 0 radical (unpaired) electrons. The van der Waals surface area contributed by atoms with Gasteiger partial charge >= 0.3 is 0 Å². The average molecular weight is 258 g/mol. The molecule has 5 nitrogen and oxygen atoms in total. The minimum Gasteiger partial charge on any atom is -0.335 e. The number of benzene rings is 1. The van der Waals surface area contributed by atoms with Gasteiger partial charge in [-0.1, -0.05) is 6.07 Å². The maximum atomic E-state index is 12.3. The zero-order chi connectivity index (χ0) is 13.6. The van der Waals surface area contributed by atoms with Gasteiger partial charge in [0.15, 0.2) is 0 Å². The minimum atomic E-state index is -0.451. The Balaban J connectivity index is 2.16. The van der Waals surface area contributed by atoms with Gasteiger partial charge in [-0.2, -0.15) is 5.10 Å². The van der Waals surface area contributed by atoms with Crippen molar-refractivity contribution >= 4 is 16.8 Å². The van der Waals surface area contributed by atoms with Crippen LogP contribution in [0, 0.1) is 0 Å². The van der Waals surface area contributed by atoms with Crippen molar-refractivity contribution in [3.63, 3.8) is 0 Å². The molecule has 0 unspecified atom stereocenters. The summed E-state index contributed by atoms with van der Waals surface area (Å²) in [6.07, 6.45) is 2.42. The summed E-state index contributed by atoms with van der Waals surface area (Å²) in [7, 11) is 0. The summed E-state index contributed by atoms with van der Waals surface area (Å²) in [5.74, 6) is 0.0304. The highest BCUT2D eigenvalue weighted by molar-refractivity contribution is 5.87. The van der Waals surface area contributed by atoms with E-state index in [4.69, 9.17) is 5.73 Å². The molecule has 5 heteroatoms. The number of carbonyl (C=O) groups is 1. The van der Waals surface area contributed by atoms with Gasteiger partial charge in [0.25, 0.3) is 0 Å². The Bertz CT molecular complexity index is 631. The van der Waals surface area contributed by atoms with Crippen molar-refractivity contribution in [2.45, 2.75) is 38.9 Å². The van der Waals surface area contributed by atoms with Crippen LogP contribution in [-0.2, 0) is 17.8 Å². The summed E-state index contributed by atoms with van der Waals surface area (Å²) in [5.41, 5.74) is 9.35. The van der Waals surface area contributed by atoms with Crippen LogP contribution in [0.15, 0.2) is 18.3 Å². The summed E-state index contributed by atoms with van der Waals surface area (Å²) in [6, 6.07) is 3.75. The molecule has 3 rings (SSSR count). The first kappa shape index (κ1) is 12.2. The Morgan fingerprint density at radius 3 is 3.00 bits per heavy atom. The molecule has 0 saturated heterocycles. The van der Waals surface area contributed by atoms with E-state index in [-0.39, 0.29) is 11.9 Å². The maximum absolute atomic E-state index is 12.3. The van der Waals surface area contributed by atoms with Gasteiger partial charge in [0, 0.05) is 18.0 Å². The fourth-order valence-corrected chi connectivity index (χ4v) is 2.72. The fourth-order valence-electron chi connectivity index (χ4n) is 2.72. The number of aromatic nitrogens is 2. The maximum Gasteiger partial charge on any atom is 0.240 e. The van der Waals surface area contributed by atoms with Gasteiger partial charge in [0.05, 0.1) is 17.8 Å². The zero-order valence-corrected chi connectivity index (χ0v) is 11.2. The molecule has 1 aromatic carbocycles. The van der Waals surface area contributed by atoms with E-state index in [1.807, 2.05) is 37.1 Å². The summed E-state index contributed by atoms with van der Waals surface area (Å²) < 4.78 is 0. The van der Waals surface area contributed by atoms with Crippen LogP contribution < -0.4 is 5.73 Å². The Labute approximate surface area is 111 Å². The van der Waals surface area contributed by atoms with Gasteiger partial charge in [-0.3, -0.25) is 9.89 Å². The molecule has 19 heavy (non-hydrogen) atoms. The predicted molar refractivity (Wildman–Crippen MR) is 73.5 cm³/mol. The summed E-state index contributed by atoms with van der Waals surface area (Å²) in [4.78, 5) is 14.2. The van der Waals surface area contributed by atoms with Crippen LogP contribution in [0.4, 0.5) is 0 Å². The number of H-pyrrole nitrogens is 1. The number of amides is 1. The molecule has 1 aliphatic heterocycles. The van der Waals surface area contributed by atoms with Crippen molar-refractivity contribution in [1.29, 1.82) is 0 Å². The lowest BCUT2D eigenvalue weighted by Crippen LogP contribution is -2.45. The molecule has 2 heterocycles. The van der Waals surface area contributed by atoms with E-state index in [1.54, 1.807) is 0 Å². The number of rotatable bonds is 1. The number of nitrogens with two attached hydrogens (primary N) is 1. The van der Waals surface area contributed by atoms with Gasteiger partial charge in [0.2, 0.25) is 5.91 Å². The first-order valence-electron chi connectivity index (χ1n) is 6.58.